The Hall–Kier alpha value is -1.88. The van der Waals surface area contributed by atoms with Crippen LogP contribution in [0.2, 0.25) is 0 Å². The monoisotopic (exact) mass is 279 g/mol. The highest BCUT2D eigenvalue weighted by atomic mass is 32.2. The molecule has 0 spiro atoms. The minimum atomic E-state index is -3.57. The molecule has 0 amide bonds. The second kappa shape index (κ2) is 5.01. The van der Waals surface area contributed by atoms with Crippen molar-refractivity contribution in [2.24, 2.45) is 0 Å². The van der Waals surface area contributed by atoms with E-state index in [4.69, 9.17) is 5.73 Å². The maximum absolute atomic E-state index is 12.9. The zero-order valence-corrected chi connectivity index (χ0v) is 11.2. The summed E-state index contributed by atoms with van der Waals surface area (Å²) in [7, 11) is -3.57. The number of nitrogens with two attached hydrogens (primary N) is 1. The van der Waals surface area contributed by atoms with E-state index >= 15 is 0 Å². The molecule has 0 fully saturated rings. The third-order valence-electron chi connectivity index (χ3n) is 2.75. The van der Waals surface area contributed by atoms with Gasteiger partial charge in [-0.3, -0.25) is 0 Å². The minimum Gasteiger partial charge on any atom is -0.398 e. The van der Waals surface area contributed by atoms with Gasteiger partial charge < -0.3 is 5.73 Å². The molecule has 0 aliphatic heterocycles. The van der Waals surface area contributed by atoms with Gasteiger partial charge in [-0.15, -0.1) is 0 Å². The van der Waals surface area contributed by atoms with Crippen LogP contribution < -0.4 is 5.73 Å². The normalized spacial score (nSPS) is 11.5. The van der Waals surface area contributed by atoms with E-state index in [9.17, 15) is 12.8 Å². The van der Waals surface area contributed by atoms with Gasteiger partial charge in [-0.05, 0) is 30.7 Å². The molecule has 0 aliphatic rings. The Morgan fingerprint density at radius 1 is 1.16 bits per heavy atom. The molecule has 100 valence electrons. The van der Waals surface area contributed by atoms with Crippen molar-refractivity contribution in [3.8, 4) is 0 Å². The Bertz CT molecular complexity index is 711. The van der Waals surface area contributed by atoms with Crippen molar-refractivity contribution in [1.29, 1.82) is 0 Å². The average Bonchev–Trinajstić information content (AvgIpc) is 2.27. The largest absolute Gasteiger partial charge is 0.398 e. The molecule has 0 unspecified atom stereocenters. The van der Waals surface area contributed by atoms with Gasteiger partial charge >= 0.3 is 0 Å². The summed E-state index contributed by atoms with van der Waals surface area (Å²) in [4.78, 5) is -0.0320. The molecule has 5 heteroatoms. The van der Waals surface area contributed by atoms with Crippen molar-refractivity contribution in [2.75, 3.05) is 5.73 Å². The third kappa shape index (κ3) is 3.12. The van der Waals surface area contributed by atoms with E-state index in [1.807, 2.05) is 13.0 Å². The van der Waals surface area contributed by atoms with Crippen molar-refractivity contribution in [1.82, 2.24) is 0 Å². The molecule has 0 radical (unpaired) electrons. The lowest BCUT2D eigenvalue weighted by atomic mass is 10.2. The highest BCUT2D eigenvalue weighted by Crippen LogP contribution is 2.23. The van der Waals surface area contributed by atoms with Gasteiger partial charge in [-0.1, -0.05) is 29.8 Å². The van der Waals surface area contributed by atoms with Gasteiger partial charge in [-0.2, -0.15) is 0 Å². The molecule has 3 nitrogen and oxygen atoms in total. The molecular weight excluding hydrogens is 265 g/mol. The lowest BCUT2D eigenvalue weighted by molar-refractivity contribution is 0.594. The number of hydrogen-bond acceptors (Lipinski definition) is 3. The summed E-state index contributed by atoms with van der Waals surface area (Å²) in [5.74, 6) is -0.697. The Labute approximate surface area is 111 Å². The van der Waals surface area contributed by atoms with Crippen LogP contribution in [0.25, 0.3) is 0 Å². The molecule has 0 saturated heterocycles. The lowest BCUT2D eigenvalue weighted by Gasteiger charge is -2.08. The summed E-state index contributed by atoms with van der Waals surface area (Å²) in [5.41, 5.74) is 7.18. The summed E-state index contributed by atoms with van der Waals surface area (Å²) in [6.45, 7) is 1.89. The number of nitrogen functional groups attached to an aromatic ring is 1. The van der Waals surface area contributed by atoms with Crippen LogP contribution in [0.4, 0.5) is 10.1 Å². The predicted octanol–water partition coefficient (Wildman–Crippen LogP) is 2.69. The first-order chi connectivity index (χ1) is 8.88. The maximum Gasteiger partial charge on any atom is 0.184 e. The predicted molar refractivity (Wildman–Crippen MR) is 72.9 cm³/mol. The summed E-state index contributed by atoms with van der Waals surface area (Å²) >= 11 is 0. The first kappa shape index (κ1) is 13.5. The summed E-state index contributed by atoms with van der Waals surface area (Å²) in [6, 6.07) is 10.6. The molecule has 0 saturated carbocycles. The Balaban J connectivity index is 2.38. The van der Waals surface area contributed by atoms with Crippen molar-refractivity contribution in [3.63, 3.8) is 0 Å². The van der Waals surface area contributed by atoms with Gasteiger partial charge in [0.1, 0.15) is 5.82 Å². The topological polar surface area (TPSA) is 60.2 Å². The molecule has 19 heavy (non-hydrogen) atoms. The minimum absolute atomic E-state index is 0.0320. The molecule has 2 N–H and O–H groups in total. The van der Waals surface area contributed by atoms with E-state index in [1.165, 1.54) is 6.07 Å². The first-order valence-corrected chi connectivity index (χ1v) is 7.37. The van der Waals surface area contributed by atoms with Crippen LogP contribution >= 0.6 is 0 Å². The van der Waals surface area contributed by atoms with E-state index in [1.54, 1.807) is 18.2 Å². The number of halogens is 1. The van der Waals surface area contributed by atoms with Crippen molar-refractivity contribution >= 4 is 15.5 Å². The zero-order valence-electron chi connectivity index (χ0n) is 10.4. The summed E-state index contributed by atoms with van der Waals surface area (Å²) in [6.07, 6.45) is 0. The van der Waals surface area contributed by atoms with Crippen LogP contribution in [0.3, 0.4) is 0 Å². The van der Waals surface area contributed by atoms with Crippen LogP contribution in [0, 0.1) is 12.7 Å². The van der Waals surface area contributed by atoms with Crippen LogP contribution in [-0.4, -0.2) is 8.42 Å². The second-order valence-corrected chi connectivity index (χ2v) is 6.39. The number of sulfone groups is 1. The number of benzene rings is 2. The van der Waals surface area contributed by atoms with Crippen LogP contribution in [-0.2, 0) is 15.6 Å². The maximum atomic E-state index is 12.9. The average molecular weight is 279 g/mol. The van der Waals surface area contributed by atoms with Gasteiger partial charge in [0.15, 0.2) is 9.84 Å². The van der Waals surface area contributed by atoms with Crippen LogP contribution in [0.1, 0.15) is 11.1 Å². The van der Waals surface area contributed by atoms with Crippen molar-refractivity contribution in [3.05, 3.63) is 59.4 Å². The van der Waals surface area contributed by atoms with E-state index in [2.05, 4.69) is 0 Å². The van der Waals surface area contributed by atoms with E-state index in [0.717, 1.165) is 17.7 Å². The number of anilines is 1. The fourth-order valence-electron chi connectivity index (χ4n) is 1.90. The fraction of sp³-hybridized carbons (Fsp3) is 0.143. The fourth-order valence-corrected chi connectivity index (χ4v) is 3.37. The van der Waals surface area contributed by atoms with Crippen LogP contribution in [0.5, 0.6) is 0 Å². The van der Waals surface area contributed by atoms with E-state index in [0.29, 0.717) is 5.56 Å². The molecular formula is C14H14FNO2S. The van der Waals surface area contributed by atoms with Gasteiger partial charge in [0.05, 0.1) is 16.3 Å². The van der Waals surface area contributed by atoms with Gasteiger partial charge in [0.25, 0.3) is 0 Å². The number of aryl methyl sites for hydroxylation is 1. The standard InChI is InChI=1S/C14H14FNO2S/c1-10-3-2-4-11(7-10)9-19(17,18)14-6-5-12(15)8-13(14)16/h2-8H,9,16H2,1H3. The molecule has 2 aromatic carbocycles. The zero-order chi connectivity index (χ0) is 14.0. The SMILES string of the molecule is Cc1cccc(CS(=O)(=O)c2ccc(F)cc2N)c1. The van der Waals surface area contributed by atoms with Crippen molar-refractivity contribution in [2.45, 2.75) is 17.6 Å². The Morgan fingerprint density at radius 2 is 1.89 bits per heavy atom. The molecule has 0 bridgehead atoms. The smallest absolute Gasteiger partial charge is 0.184 e. The molecule has 0 aromatic heterocycles. The number of hydrogen-bond donors (Lipinski definition) is 1. The molecule has 0 atom stereocenters. The highest BCUT2D eigenvalue weighted by molar-refractivity contribution is 7.90. The van der Waals surface area contributed by atoms with Crippen molar-refractivity contribution < 1.29 is 12.8 Å². The van der Waals surface area contributed by atoms with Crippen LogP contribution in [0.15, 0.2) is 47.4 Å². The third-order valence-corrected chi connectivity index (χ3v) is 4.50. The Morgan fingerprint density at radius 3 is 2.53 bits per heavy atom. The summed E-state index contributed by atoms with van der Waals surface area (Å²) < 4.78 is 37.4. The molecule has 2 aromatic rings. The number of rotatable bonds is 3. The second-order valence-electron chi connectivity index (χ2n) is 4.43. The van der Waals surface area contributed by atoms with Gasteiger partial charge in [0, 0.05) is 0 Å². The highest BCUT2D eigenvalue weighted by Gasteiger charge is 2.18. The van der Waals surface area contributed by atoms with E-state index < -0.39 is 15.7 Å². The lowest BCUT2D eigenvalue weighted by Crippen LogP contribution is -2.08. The molecule has 0 aliphatic carbocycles. The summed E-state index contributed by atoms with van der Waals surface area (Å²) in [5, 5.41) is 0. The van der Waals surface area contributed by atoms with E-state index in [-0.39, 0.29) is 16.3 Å². The van der Waals surface area contributed by atoms with Gasteiger partial charge in [-0.25, -0.2) is 12.8 Å². The van der Waals surface area contributed by atoms with Gasteiger partial charge in [0.2, 0.25) is 0 Å². The molecule has 0 heterocycles. The quantitative estimate of drug-likeness (QED) is 0.694. The Kier molecular flexibility index (Phi) is 3.57. The molecule has 2 rings (SSSR count). The first-order valence-electron chi connectivity index (χ1n) is 5.72.